The second kappa shape index (κ2) is 6.70. The molecule has 1 aliphatic rings. The Morgan fingerprint density at radius 3 is 2.78 bits per heavy atom. The van der Waals surface area contributed by atoms with Crippen molar-refractivity contribution >= 4 is 11.9 Å². The summed E-state index contributed by atoms with van der Waals surface area (Å²) in [6.07, 6.45) is 0.723. The maximum Gasteiger partial charge on any atom is 0.305 e. The van der Waals surface area contributed by atoms with E-state index in [4.69, 9.17) is 5.11 Å². The highest BCUT2D eigenvalue weighted by molar-refractivity contribution is 5.86. The smallest absolute Gasteiger partial charge is 0.305 e. The third-order valence-corrected chi connectivity index (χ3v) is 3.18. The molecule has 0 saturated carbocycles. The van der Waals surface area contributed by atoms with E-state index in [-0.39, 0.29) is 18.4 Å². The number of carboxylic acid groups (broad SMARTS) is 1. The van der Waals surface area contributed by atoms with Gasteiger partial charge in [0, 0.05) is 25.7 Å². The SMILES string of the molecule is CC1CCN(CCN(C)C)C(CC(=O)O)C(=O)N1. The van der Waals surface area contributed by atoms with Gasteiger partial charge in [0.2, 0.25) is 5.91 Å². The molecule has 1 amide bonds. The monoisotopic (exact) mass is 257 g/mol. The van der Waals surface area contributed by atoms with E-state index in [1.807, 2.05) is 30.8 Å². The van der Waals surface area contributed by atoms with Crippen LogP contribution >= 0.6 is 0 Å². The minimum absolute atomic E-state index is 0.109. The largest absolute Gasteiger partial charge is 0.481 e. The minimum atomic E-state index is -0.931. The molecule has 1 fully saturated rings. The number of nitrogens with one attached hydrogen (secondary N) is 1. The minimum Gasteiger partial charge on any atom is -0.481 e. The molecule has 0 bridgehead atoms. The summed E-state index contributed by atoms with van der Waals surface area (Å²) >= 11 is 0. The maximum atomic E-state index is 12.0. The third kappa shape index (κ3) is 4.62. The van der Waals surface area contributed by atoms with E-state index in [1.54, 1.807) is 0 Å². The Balaban J connectivity index is 2.72. The quantitative estimate of drug-likeness (QED) is 0.701. The lowest BCUT2D eigenvalue weighted by molar-refractivity contribution is -0.141. The summed E-state index contributed by atoms with van der Waals surface area (Å²) in [4.78, 5) is 26.9. The van der Waals surface area contributed by atoms with E-state index in [1.165, 1.54) is 0 Å². The zero-order valence-electron chi connectivity index (χ0n) is 11.3. The first kappa shape index (κ1) is 14.9. The second-order valence-electron chi connectivity index (χ2n) is 5.15. The average Bonchev–Trinajstić information content (AvgIpc) is 2.37. The number of hydrogen-bond donors (Lipinski definition) is 2. The Hall–Kier alpha value is -1.14. The van der Waals surface area contributed by atoms with Gasteiger partial charge in [-0.15, -0.1) is 0 Å². The van der Waals surface area contributed by atoms with Crippen molar-refractivity contribution in [3.05, 3.63) is 0 Å². The molecule has 0 aliphatic carbocycles. The van der Waals surface area contributed by atoms with E-state index < -0.39 is 12.0 Å². The summed E-state index contributed by atoms with van der Waals surface area (Å²) in [6, 6.07) is -0.439. The van der Waals surface area contributed by atoms with Gasteiger partial charge in [0.25, 0.3) is 0 Å². The van der Waals surface area contributed by atoms with Crippen molar-refractivity contribution in [2.24, 2.45) is 0 Å². The van der Waals surface area contributed by atoms with Crippen LogP contribution in [0.25, 0.3) is 0 Å². The van der Waals surface area contributed by atoms with Gasteiger partial charge >= 0.3 is 5.97 Å². The van der Waals surface area contributed by atoms with Gasteiger partial charge in [0.05, 0.1) is 12.5 Å². The zero-order valence-corrected chi connectivity index (χ0v) is 11.3. The third-order valence-electron chi connectivity index (χ3n) is 3.18. The first-order chi connectivity index (χ1) is 8.40. The van der Waals surface area contributed by atoms with Gasteiger partial charge in [-0.2, -0.15) is 0 Å². The van der Waals surface area contributed by atoms with Crippen molar-refractivity contribution in [3.63, 3.8) is 0 Å². The van der Waals surface area contributed by atoms with Crippen molar-refractivity contribution in [3.8, 4) is 0 Å². The molecule has 2 unspecified atom stereocenters. The van der Waals surface area contributed by atoms with Gasteiger partial charge in [-0.05, 0) is 27.4 Å². The van der Waals surface area contributed by atoms with Crippen LogP contribution in [0.1, 0.15) is 19.8 Å². The fourth-order valence-corrected chi connectivity index (χ4v) is 2.08. The summed E-state index contributed by atoms with van der Waals surface area (Å²) in [6.45, 7) is 4.24. The van der Waals surface area contributed by atoms with E-state index in [2.05, 4.69) is 5.32 Å². The Labute approximate surface area is 108 Å². The summed E-state index contributed by atoms with van der Waals surface area (Å²) in [5, 5.41) is 11.8. The second-order valence-corrected chi connectivity index (χ2v) is 5.15. The van der Waals surface area contributed by atoms with Gasteiger partial charge in [-0.25, -0.2) is 0 Å². The maximum absolute atomic E-state index is 12.0. The first-order valence-electron chi connectivity index (χ1n) is 6.31. The normalized spacial score (nSPS) is 25.9. The Bertz CT molecular complexity index is 307. The highest BCUT2D eigenvalue weighted by atomic mass is 16.4. The number of carboxylic acids is 1. The van der Waals surface area contributed by atoms with Crippen molar-refractivity contribution in [2.75, 3.05) is 33.7 Å². The zero-order chi connectivity index (χ0) is 13.7. The molecule has 1 rings (SSSR count). The molecular weight excluding hydrogens is 234 g/mol. The van der Waals surface area contributed by atoms with Crippen molar-refractivity contribution in [1.29, 1.82) is 0 Å². The predicted octanol–water partition coefficient (Wildman–Crippen LogP) is -0.398. The standard InChI is InChI=1S/C12H23N3O3/c1-9-4-5-15(7-6-14(2)3)10(8-11(16)17)12(18)13-9/h9-10H,4-8H2,1-3H3,(H,13,18)(H,16,17). The highest BCUT2D eigenvalue weighted by Gasteiger charge is 2.31. The van der Waals surface area contributed by atoms with Crippen molar-refractivity contribution < 1.29 is 14.7 Å². The molecular formula is C12H23N3O3. The average molecular weight is 257 g/mol. The number of hydrogen-bond acceptors (Lipinski definition) is 4. The van der Waals surface area contributed by atoms with Crippen molar-refractivity contribution in [2.45, 2.75) is 31.8 Å². The van der Waals surface area contributed by atoms with Crippen LogP contribution in [0.15, 0.2) is 0 Å². The van der Waals surface area contributed by atoms with E-state index >= 15 is 0 Å². The van der Waals surface area contributed by atoms with Crippen LogP contribution in [0.2, 0.25) is 0 Å². The molecule has 18 heavy (non-hydrogen) atoms. The molecule has 0 radical (unpaired) electrons. The lowest BCUT2D eigenvalue weighted by atomic mass is 10.1. The summed E-state index contributed by atoms with van der Waals surface area (Å²) in [7, 11) is 3.93. The molecule has 1 saturated heterocycles. The molecule has 0 aromatic carbocycles. The number of aliphatic carboxylic acids is 1. The number of likely N-dealkylation sites (N-methyl/N-ethyl adjacent to an activating group) is 1. The lowest BCUT2D eigenvalue weighted by Crippen LogP contribution is -2.48. The Kier molecular flexibility index (Phi) is 5.55. The molecule has 1 aliphatic heterocycles. The highest BCUT2D eigenvalue weighted by Crippen LogP contribution is 2.12. The van der Waals surface area contributed by atoms with Gasteiger partial charge in [0.15, 0.2) is 0 Å². The molecule has 104 valence electrons. The molecule has 6 nitrogen and oxygen atoms in total. The topological polar surface area (TPSA) is 72.9 Å². The Morgan fingerprint density at radius 2 is 2.22 bits per heavy atom. The molecule has 1 heterocycles. The van der Waals surface area contributed by atoms with Crippen LogP contribution in [0.5, 0.6) is 0 Å². The summed E-state index contributed by atoms with van der Waals surface area (Å²) in [5.74, 6) is -1.10. The molecule has 2 N–H and O–H groups in total. The number of rotatable bonds is 5. The van der Waals surface area contributed by atoms with Crippen LogP contribution in [0, 0.1) is 0 Å². The van der Waals surface area contributed by atoms with Crippen LogP contribution < -0.4 is 5.32 Å². The van der Waals surface area contributed by atoms with E-state index in [0.717, 1.165) is 19.5 Å². The van der Waals surface area contributed by atoms with Crippen LogP contribution in [0.4, 0.5) is 0 Å². The number of amides is 1. The van der Waals surface area contributed by atoms with Gasteiger partial charge in [0.1, 0.15) is 0 Å². The van der Waals surface area contributed by atoms with Crippen LogP contribution in [-0.2, 0) is 9.59 Å². The van der Waals surface area contributed by atoms with Crippen LogP contribution in [0.3, 0.4) is 0 Å². The Morgan fingerprint density at radius 1 is 1.56 bits per heavy atom. The molecule has 0 spiro atoms. The predicted molar refractivity (Wildman–Crippen MR) is 68.4 cm³/mol. The fourth-order valence-electron chi connectivity index (χ4n) is 2.08. The van der Waals surface area contributed by atoms with E-state index in [0.29, 0.717) is 6.54 Å². The van der Waals surface area contributed by atoms with Crippen LogP contribution in [-0.4, -0.2) is 72.6 Å². The fraction of sp³-hybridized carbons (Fsp3) is 0.833. The van der Waals surface area contributed by atoms with E-state index in [9.17, 15) is 9.59 Å². The number of nitrogens with zero attached hydrogens (tertiary/aromatic N) is 2. The van der Waals surface area contributed by atoms with Gasteiger partial charge in [-0.3, -0.25) is 14.5 Å². The molecule has 0 aromatic rings. The summed E-state index contributed by atoms with van der Waals surface area (Å²) in [5.41, 5.74) is 0. The number of carbonyl (C=O) groups is 2. The number of carbonyl (C=O) groups excluding carboxylic acids is 1. The van der Waals surface area contributed by atoms with Crippen molar-refractivity contribution in [1.82, 2.24) is 15.1 Å². The molecule has 0 aromatic heterocycles. The summed E-state index contributed by atoms with van der Waals surface area (Å²) < 4.78 is 0. The molecule has 6 heteroatoms. The lowest BCUT2D eigenvalue weighted by Gasteiger charge is -2.28. The van der Waals surface area contributed by atoms with Gasteiger partial charge < -0.3 is 15.3 Å². The first-order valence-corrected chi connectivity index (χ1v) is 6.31. The molecule has 2 atom stereocenters. The van der Waals surface area contributed by atoms with Gasteiger partial charge in [-0.1, -0.05) is 0 Å².